The van der Waals surface area contributed by atoms with Gasteiger partial charge in [-0.05, 0) is 19.9 Å². The SMILES string of the molecule is COCC(C)(C)NCc1cccc2c1OCCO2. The van der Waals surface area contributed by atoms with E-state index in [0.717, 1.165) is 23.6 Å². The molecule has 4 nitrogen and oxygen atoms in total. The van der Waals surface area contributed by atoms with E-state index < -0.39 is 0 Å². The zero-order valence-electron chi connectivity index (χ0n) is 11.3. The van der Waals surface area contributed by atoms with Crippen molar-refractivity contribution in [3.05, 3.63) is 23.8 Å². The number of methoxy groups -OCH3 is 1. The summed E-state index contributed by atoms with van der Waals surface area (Å²) in [5.41, 5.74) is 1.06. The van der Waals surface area contributed by atoms with Crippen LogP contribution in [-0.2, 0) is 11.3 Å². The van der Waals surface area contributed by atoms with E-state index in [9.17, 15) is 0 Å². The van der Waals surface area contributed by atoms with Crippen LogP contribution in [0.4, 0.5) is 0 Å². The van der Waals surface area contributed by atoms with E-state index >= 15 is 0 Å². The molecule has 1 heterocycles. The monoisotopic (exact) mass is 251 g/mol. The van der Waals surface area contributed by atoms with Crippen molar-refractivity contribution >= 4 is 0 Å². The molecule has 1 aromatic carbocycles. The van der Waals surface area contributed by atoms with Crippen LogP contribution in [0.1, 0.15) is 19.4 Å². The first-order valence-corrected chi connectivity index (χ1v) is 6.24. The molecule has 0 radical (unpaired) electrons. The van der Waals surface area contributed by atoms with Crippen molar-refractivity contribution in [2.75, 3.05) is 26.9 Å². The summed E-state index contributed by atoms with van der Waals surface area (Å²) in [7, 11) is 1.71. The van der Waals surface area contributed by atoms with Gasteiger partial charge in [0, 0.05) is 24.8 Å². The normalized spacial score (nSPS) is 14.6. The molecule has 4 heteroatoms. The van der Waals surface area contributed by atoms with Gasteiger partial charge >= 0.3 is 0 Å². The fraction of sp³-hybridized carbons (Fsp3) is 0.571. The maximum Gasteiger partial charge on any atom is 0.165 e. The maximum absolute atomic E-state index is 5.68. The van der Waals surface area contributed by atoms with Crippen LogP contribution < -0.4 is 14.8 Å². The topological polar surface area (TPSA) is 39.7 Å². The Kier molecular flexibility index (Phi) is 4.09. The Morgan fingerprint density at radius 3 is 2.83 bits per heavy atom. The number of hydrogen-bond acceptors (Lipinski definition) is 4. The van der Waals surface area contributed by atoms with Crippen molar-refractivity contribution in [3.63, 3.8) is 0 Å². The first kappa shape index (κ1) is 13.2. The molecule has 0 fully saturated rings. The fourth-order valence-corrected chi connectivity index (χ4v) is 2.02. The molecule has 18 heavy (non-hydrogen) atoms. The molecule has 2 rings (SSSR count). The van der Waals surface area contributed by atoms with Crippen molar-refractivity contribution in [2.45, 2.75) is 25.9 Å². The van der Waals surface area contributed by atoms with Crippen LogP contribution >= 0.6 is 0 Å². The molecule has 0 atom stereocenters. The van der Waals surface area contributed by atoms with Crippen molar-refractivity contribution in [1.82, 2.24) is 5.32 Å². The first-order valence-electron chi connectivity index (χ1n) is 6.24. The number of para-hydroxylation sites is 1. The Bertz CT molecular complexity index is 404. The third-order valence-electron chi connectivity index (χ3n) is 2.91. The van der Waals surface area contributed by atoms with Crippen LogP contribution in [0.15, 0.2) is 18.2 Å². The molecule has 100 valence electrons. The van der Waals surface area contributed by atoms with Gasteiger partial charge in [0.1, 0.15) is 13.2 Å². The van der Waals surface area contributed by atoms with Gasteiger partial charge in [0.15, 0.2) is 11.5 Å². The predicted octanol–water partition coefficient (Wildman–Crippen LogP) is 1.97. The number of rotatable bonds is 5. The van der Waals surface area contributed by atoms with Gasteiger partial charge < -0.3 is 19.5 Å². The lowest BCUT2D eigenvalue weighted by atomic mass is 10.1. The zero-order chi connectivity index (χ0) is 13.0. The van der Waals surface area contributed by atoms with E-state index in [1.807, 2.05) is 12.1 Å². The Labute approximate surface area is 108 Å². The zero-order valence-corrected chi connectivity index (χ0v) is 11.3. The average molecular weight is 251 g/mol. The Morgan fingerprint density at radius 1 is 1.28 bits per heavy atom. The molecule has 0 amide bonds. The number of hydrogen-bond donors (Lipinski definition) is 1. The molecule has 0 unspecified atom stereocenters. The number of nitrogens with one attached hydrogen (secondary N) is 1. The lowest BCUT2D eigenvalue weighted by molar-refractivity contribution is 0.127. The van der Waals surface area contributed by atoms with E-state index in [-0.39, 0.29) is 5.54 Å². The minimum atomic E-state index is -0.0625. The number of fused-ring (bicyclic) bond motifs is 1. The van der Waals surface area contributed by atoms with E-state index in [1.54, 1.807) is 7.11 Å². The van der Waals surface area contributed by atoms with E-state index in [4.69, 9.17) is 14.2 Å². The molecule has 1 aliphatic rings. The van der Waals surface area contributed by atoms with Crippen LogP contribution in [0, 0.1) is 0 Å². The summed E-state index contributed by atoms with van der Waals surface area (Å²) >= 11 is 0. The van der Waals surface area contributed by atoms with Crippen LogP contribution in [0.25, 0.3) is 0 Å². The summed E-state index contributed by atoms with van der Waals surface area (Å²) in [6, 6.07) is 6.00. The molecule has 1 N–H and O–H groups in total. The van der Waals surface area contributed by atoms with Crippen molar-refractivity contribution in [3.8, 4) is 11.5 Å². The lowest BCUT2D eigenvalue weighted by Crippen LogP contribution is -2.42. The summed E-state index contributed by atoms with van der Waals surface area (Å²) in [5.74, 6) is 1.70. The molecule has 1 aromatic rings. The minimum absolute atomic E-state index is 0.0625. The minimum Gasteiger partial charge on any atom is -0.486 e. The third kappa shape index (κ3) is 3.15. The summed E-state index contributed by atoms with van der Waals surface area (Å²) in [6.45, 7) is 6.87. The van der Waals surface area contributed by atoms with Crippen molar-refractivity contribution < 1.29 is 14.2 Å². The Balaban J connectivity index is 2.05. The van der Waals surface area contributed by atoms with Crippen LogP contribution in [-0.4, -0.2) is 32.5 Å². The smallest absolute Gasteiger partial charge is 0.165 e. The second-order valence-electron chi connectivity index (χ2n) is 5.11. The standard InChI is InChI=1S/C14H21NO3/c1-14(2,10-16-3)15-9-11-5-4-6-12-13(11)18-8-7-17-12/h4-6,15H,7-10H2,1-3H3. The molecular formula is C14H21NO3. The molecule has 0 aromatic heterocycles. The van der Waals surface area contributed by atoms with Gasteiger partial charge in [-0.3, -0.25) is 0 Å². The van der Waals surface area contributed by atoms with Gasteiger partial charge in [0.25, 0.3) is 0 Å². The molecule has 0 bridgehead atoms. The highest BCUT2D eigenvalue weighted by Crippen LogP contribution is 2.33. The second kappa shape index (κ2) is 5.59. The maximum atomic E-state index is 5.68. The second-order valence-corrected chi connectivity index (χ2v) is 5.11. The van der Waals surface area contributed by atoms with Crippen LogP contribution in [0.2, 0.25) is 0 Å². The van der Waals surface area contributed by atoms with Gasteiger partial charge in [0.05, 0.1) is 6.61 Å². The highest BCUT2D eigenvalue weighted by Gasteiger charge is 2.19. The van der Waals surface area contributed by atoms with Crippen LogP contribution in [0.5, 0.6) is 11.5 Å². The Hall–Kier alpha value is -1.26. The van der Waals surface area contributed by atoms with E-state index in [2.05, 4.69) is 25.2 Å². The molecule has 0 saturated carbocycles. The quantitative estimate of drug-likeness (QED) is 0.868. The summed E-state index contributed by atoms with van der Waals surface area (Å²) in [6.07, 6.45) is 0. The predicted molar refractivity (Wildman–Crippen MR) is 70.2 cm³/mol. The largest absolute Gasteiger partial charge is 0.486 e. The summed E-state index contributed by atoms with van der Waals surface area (Å²) in [5, 5.41) is 3.47. The molecular weight excluding hydrogens is 230 g/mol. The Morgan fingerprint density at radius 2 is 2.06 bits per heavy atom. The van der Waals surface area contributed by atoms with Gasteiger partial charge in [-0.2, -0.15) is 0 Å². The summed E-state index contributed by atoms with van der Waals surface area (Å²) in [4.78, 5) is 0. The number of ether oxygens (including phenoxy) is 3. The number of benzene rings is 1. The summed E-state index contributed by atoms with van der Waals surface area (Å²) < 4.78 is 16.4. The molecule has 0 spiro atoms. The van der Waals surface area contributed by atoms with Crippen molar-refractivity contribution in [1.29, 1.82) is 0 Å². The fourth-order valence-electron chi connectivity index (χ4n) is 2.02. The van der Waals surface area contributed by atoms with Gasteiger partial charge in [-0.15, -0.1) is 0 Å². The molecule has 0 aliphatic carbocycles. The van der Waals surface area contributed by atoms with Gasteiger partial charge in [0.2, 0.25) is 0 Å². The van der Waals surface area contributed by atoms with E-state index in [1.165, 1.54) is 0 Å². The highest BCUT2D eigenvalue weighted by atomic mass is 16.6. The van der Waals surface area contributed by atoms with Gasteiger partial charge in [-0.25, -0.2) is 0 Å². The average Bonchev–Trinajstić information content (AvgIpc) is 2.36. The van der Waals surface area contributed by atoms with Crippen LogP contribution in [0.3, 0.4) is 0 Å². The third-order valence-corrected chi connectivity index (χ3v) is 2.91. The van der Waals surface area contributed by atoms with Gasteiger partial charge in [-0.1, -0.05) is 12.1 Å². The first-order chi connectivity index (χ1) is 8.62. The van der Waals surface area contributed by atoms with Crippen molar-refractivity contribution in [2.24, 2.45) is 0 Å². The lowest BCUT2D eigenvalue weighted by Gasteiger charge is -2.27. The highest BCUT2D eigenvalue weighted by molar-refractivity contribution is 5.47. The van der Waals surface area contributed by atoms with E-state index in [0.29, 0.717) is 19.8 Å². The molecule has 0 saturated heterocycles. The molecule has 1 aliphatic heterocycles.